The number of aromatic amines is 1. The molecule has 0 fully saturated rings. The minimum absolute atomic E-state index is 0.0326. The van der Waals surface area contributed by atoms with Crippen LogP contribution in [0, 0.1) is 24.5 Å². The molecule has 0 unspecified atom stereocenters. The van der Waals surface area contributed by atoms with Gasteiger partial charge in [-0.05, 0) is 38.2 Å². The summed E-state index contributed by atoms with van der Waals surface area (Å²) in [6, 6.07) is -0.447. The van der Waals surface area contributed by atoms with Gasteiger partial charge < -0.3 is 30.2 Å². The number of hydrogen-bond donors (Lipinski definition) is 4. The van der Waals surface area contributed by atoms with Crippen LogP contribution in [0.2, 0.25) is 0 Å². The number of amides is 3. The van der Waals surface area contributed by atoms with E-state index >= 15 is 0 Å². The Bertz CT molecular complexity index is 1550. The van der Waals surface area contributed by atoms with Crippen LogP contribution >= 0.6 is 0 Å². The molecule has 0 spiro atoms. The van der Waals surface area contributed by atoms with Crippen molar-refractivity contribution < 1.29 is 28.3 Å². The van der Waals surface area contributed by atoms with Crippen molar-refractivity contribution in [3.8, 4) is 0 Å². The second-order valence-electron chi connectivity index (χ2n) is 10.1. The number of anilines is 1. The average molecular weight is 574 g/mol. The third-order valence-corrected chi connectivity index (χ3v) is 6.20. The van der Waals surface area contributed by atoms with E-state index in [1.807, 2.05) is 13.8 Å². The summed E-state index contributed by atoms with van der Waals surface area (Å²) in [5, 5.41) is 13.5. The van der Waals surface area contributed by atoms with Crippen LogP contribution in [-0.2, 0) is 22.6 Å². The molecule has 0 radical (unpaired) electrons. The van der Waals surface area contributed by atoms with Crippen LogP contribution in [0.25, 0.3) is 11.0 Å². The number of fused-ring (bicyclic) bond motifs is 1. The Morgan fingerprint density at radius 1 is 1.22 bits per heavy atom. The summed E-state index contributed by atoms with van der Waals surface area (Å²) in [4.78, 5) is 61.9. The Morgan fingerprint density at radius 3 is 2.56 bits per heavy atom. The van der Waals surface area contributed by atoms with Gasteiger partial charge >= 0.3 is 6.09 Å². The zero-order valence-electron chi connectivity index (χ0n) is 23.4. The molecular weight excluding hydrogens is 540 g/mol. The van der Waals surface area contributed by atoms with Crippen LogP contribution in [0.15, 0.2) is 29.2 Å². The molecule has 4 N–H and O–H groups in total. The lowest BCUT2D eigenvalue weighted by atomic mass is 10.1. The molecule has 1 atom stereocenters. The molecular formula is C27H33F2N7O5. The predicted octanol–water partition coefficient (Wildman–Crippen LogP) is 2.95. The number of nitrogens with one attached hydrogen (secondary N) is 3. The van der Waals surface area contributed by atoms with Gasteiger partial charge in [0.1, 0.15) is 28.9 Å². The van der Waals surface area contributed by atoms with E-state index in [2.05, 4.69) is 25.6 Å². The van der Waals surface area contributed by atoms with Gasteiger partial charge in [0.05, 0.1) is 29.6 Å². The van der Waals surface area contributed by atoms with E-state index < -0.39 is 40.9 Å². The van der Waals surface area contributed by atoms with E-state index in [1.165, 1.54) is 24.0 Å². The Hall–Kier alpha value is -4.62. The number of nitrogens with zero attached hydrogens (tertiary/aromatic N) is 4. The highest BCUT2D eigenvalue weighted by molar-refractivity contribution is 5.96. The van der Waals surface area contributed by atoms with Gasteiger partial charge in [-0.1, -0.05) is 19.9 Å². The van der Waals surface area contributed by atoms with Crippen molar-refractivity contribution in [1.82, 2.24) is 29.7 Å². The van der Waals surface area contributed by atoms with Gasteiger partial charge in [-0.3, -0.25) is 19.4 Å². The molecule has 0 aromatic carbocycles. The number of imidazole rings is 1. The molecule has 0 aliphatic rings. The number of likely N-dealkylation sites (N-methyl/N-ethyl adjacent to an activating group) is 1. The van der Waals surface area contributed by atoms with E-state index in [1.54, 1.807) is 14.1 Å². The van der Waals surface area contributed by atoms with Crippen molar-refractivity contribution in [2.24, 2.45) is 5.92 Å². The highest BCUT2D eigenvalue weighted by Gasteiger charge is 2.23. The lowest BCUT2D eigenvalue weighted by Gasteiger charge is -2.17. The Kier molecular flexibility index (Phi) is 9.92. The molecule has 220 valence electrons. The number of rotatable bonds is 11. The smallest absolute Gasteiger partial charge is 0.405 e. The van der Waals surface area contributed by atoms with E-state index in [4.69, 9.17) is 5.11 Å². The highest BCUT2D eigenvalue weighted by atomic mass is 19.1. The normalized spacial score (nSPS) is 12.2. The quantitative estimate of drug-likeness (QED) is 0.256. The minimum Gasteiger partial charge on any atom is -0.465 e. The molecule has 14 heteroatoms. The number of carbonyl (C=O) groups excluding carboxylic acids is 2. The second-order valence-corrected chi connectivity index (χ2v) is 10.1. The monoisotopic (exact) mass is 573 g/mol. The molecule has 0 aliphatic carbocycles. The number of H-pyrrole nitrogens is 1. The van der Waals surface area contributed by atoms with Crippen molar-refractivity contribution in [1.29, 1.82) is 0 Å². The number of carboxylic acid groups (broad SMARTS) is 1. The van der Waals surface area contributed by atoms with Gasteiger partial charge in [0.15, 0.2) is 5.82 Å². The fourth-order valence-electron chi connectivity index (χ4n) is 4.06. The van der Waals surface area contributed by atoms with Crippen LogP contribution in [0.1, 0.15) is 43.9 Å². The van der Waals surface area contributed by atoms with Crippen LogP contribution in [0.4, 0.5) is 19.3 Å². The SMILES string of the molecule is Cc1c(F)cc(NC(=O)[C@H](CC/C=C/C(=O)N(C)C)NC(=O)O)c(=O)n1Cc1nc2c(F)cnc(CC(C)C)c2[nH]1. The molecule has 0 aliphatic heterocycles. The van der Waals surface area contributed by atoms with Crippen LogP contribution < -0.4 is 16.2 Å². The molecule has 12 nitrogen and oxygen atoms in total. The van der Waals surface area contributed by atoms with Gasteiger partial charge in [-0.25, -0.2) is 18.6 Å². The number of aromatic nitrogens is 4. The Labute approximate surface area is 234 Å². The van der Waals surface area contributed by atoms with Crippen molar-refractivity contribution >= 4 is 34.6 Å². The lowest BCUT2D eigenvalue weighted by molar-refractivity contribution is -0.123. The van der Waals surface area contributed by atoms with Crippen LogP contribution in [0.5, 0.6) is 0 Å². The molecule has 0 bridgehead atoms. The van der Waals surface area contributed by atoms with Gasteiger partial charge in [0.2, 0.25) is 11.8 Å². The van der Waals surface area contributed by atoms with Gasteiger partial charge in [0.25, 0.3) is 5.56 Å². The second kappa shape index (κ2) is 13.2. The first-order valence-electron chi connectivity index (χ1n) is 12.9. The molecule has 3 aromatic rings. The highest BCUT2D eigenvalue weighted by Crippen LogP contribution is 2.21. The Balaban J connectivity index is 1.87. The van der Waals surface area contributed by atoms with Crippen molar-refractivity contribution in [3.05, 3.63) is 63.6 Å². The third-order valence-electron chi connectivity index (χ3n) is 6.20. The molecule has 0 saturated heterocycles. The van der Waals surface area contributed by atoms with Crippen molar-refractivity contribution in [2.75, 3.05) is 19.4 Å². The zero-order chi connectivity index (χ0) is 30.4. The minimum atomic E-state index is -1.48. The van der Waals surface area contributed by atoms with E-state index in [0.717, 1.165) is 16.8 Å². The molecule has 3 aromatic heterocycles. The van der Waals surface area contributed by atoms with Crippen molar-refractivity contribution in [3.63, 3.8) is 0 Å². The molecule has 0 saturated carbocycles. The third kappa shape index (κ3) is 7.74. The lowest BCUT2D eigenvalue weighted by Crippen LogP contribution is -2.44. The molecule has 41 heavy (non-hydrogen) atoms. The maximum Gasteiger partial charge on any atom is 0.405 e. The topological polar surface area (TPSA) is 162 Å². The maximum atomic E-state index is 14.9. The first-order chi connectivity index (χ1) is 19.3. The first kappa shape index (κ1) is 30.9. The summed E-state index contributed by atoms with van der Waals surface area (Å²) in [5.41, 5.74) is -0.213. The summed E-state index contributed by atoms with van der Waals surface area (Å²) < 4.78 is 30.4. The summed E-state index contributed by atoms with van der Waals surface area (Å²) >= 11 is 0. The van der Waals surface area contributed by atoms with Gasteiger partial charge in [-0.2, -0.15) is 0 Å². The van der Waals surface area contributed by atoms with Crippen molar-refractivity contribution in [2.45, 2.75) is 52.6 Å². The summed E-state index contributed by atoms with van der Waals surface area (Å²) in [6.07, 6.45) is 3.07. The fraction of sp³-hybridized carbons (Fsp3) is 0.407. The number of allylic oxidation sites excluding steroid dienone is 1. The summed E-state index contributed by atoms with van der Waals surface area (Å²) in [6.45, 7) is 5.08. The largest absolute Gasteiger partial charge is 0.465 e. The standard InChI is InChI=1S/C27H33F2N7O5/c1-14(2)10-19-24-23(17(29)12-30-19)33-21(34-24)13-36-15(3)16(28)11-20(26(36)39)31-25(38)18(32-27(40)41)8-6-7-9-22(37)35(4)5/h7,9,11-12,14,18,32H,6,8,10,13H2,1-5H3,(H,31,38)(H,33,34)(H,40,41)/b9-7+/t18-/m0/s1. The van der Waals surface area contributed by atoms with Gasteiger partial charge in [-0.15, -0.1) is 0 Å². The van der Waals surface area contributed by atoms with E-state index in [0.29, 0.717) is 17.6 Å². The number of pyridine rings is 2. The Morgan fingerprint density at radius 2 is 1.93 bits per heavy atom. The van der Waals surface area contributed by atoms with E-state index in [-0.39, 0.29) is 48.2 Å². The average Bonchev–Trinajstić information content (AvgIpc) is 3.33. The summed E-state index contributed by atoms with van der Waals surface area (Å²) in [5.74, 6) is -2.22. The number of carbonyl (C=O) groups is 3. The number of halogens is 2. The molecule has 3 rings (SSSR count). The summed E-state index contributed by atoms with van der Waals surface area (Å²) in [7, 11) is 3.13. The van der Waals surface area contributed by atoms with E-state index in [9.17, 15) is 28.0 Å². The fourth-order valence-corrected chi connectivity index (χ4v) is 4.06. The maximum absolute atomic E-state index is 14.9. The zero-order valence-corrected chi connectivity index (χ0v) is 23.4. The number of hydrogen-bond acceptors (Lipinski definition) is 6. The molecule has 3 heterocycles. The predicted molar refractivity (Wildman–Crippen MR) is 148 cm³/mol. The van der Waals surface area contributed by atoms with Crippen LogP contribution in [0.3, 0.4) is 0 Å². The molecule has 3 amide bonds. The first-order valence-corrected chi connectivity index (χ1v) is 12.9. The van der Waals surface area contributed by atoms with Crippen LogP contribution in [-0.4, -0.2) is 67.6 Å². The van der Waals surface area contributed by atoms with Gasteiger partial charge in [0, 0.05) is 20.2 Å².